The van der Waals surface area contributed by atoms with E-state index in [1.807, 2.05) is 9.80 Å². The molecule has 3 aliphatic rings. The van der Waals surface area contributed by atoms with E-state index >= 15 is 0 Å². The molecule has 3 rings (SSSR count). The average molecular weight is 264 g/mol. The molecule has 1 atom stereocenters. The minimum Gasteiger partial charge on any atom is -0.340 e. The van der Waals surface area contributed by atoms with Gasteiger partial charge in [0.05, 0.1) is 0 Å². The Bertz CT molecular complexity index is 363. The lowest BCUT2D eigenvalue weighted by Crippen LogP contribution is -2.45. The molecule has 2 heterocycles. The van der Waals surface area contributed by atoms with Gasteiger partial charge in [-0.15, -0.1) is 0 Å². The highest BCUT2D eigenvalue weighted by atomic mass is 16.2. The Morgan fingerprint density at radius 2 is 1.74 bits per heavy atom. The number of nitrogens with zero attached hydrogens (tertiary/aromatic N) is 2. The normalized spacial score (nSPS) is 29.6. The molecule has 1 aliphatic carbocycles. The minimum absolute atomic E-state index is 0.140. The van der Waals surface area contributed by atoms with Crippen LogP contribution in [0.25, 0.3) is 0 Å². The van der Waals surface area contributed by atoms with Crippen molar-refractivity contribution in [2.75, 3.05) is 19.6 Å². The van der Waals surface area contributed by atoms with Crippen LogP contribution in [-0.4, -0.2) is 47.3 Å². The van der Waals surface area contributed by atoms with Crippen LogP contribution in [0.2, 0.25) is 0 Å². The van der Waals surface area contributed by atoms with Crippen LogP contribution in [0.1, 0.15) is 51.4 Å². The van der Waals surface area contributed by atoms with Gasteiger partial charge < -0.3 is 9.80 Å². The van der Waals surface area contributed by atoms with Gasteiger partial charge in [0.2, 0.25) is 11.8 Å². The fraction of sp³-hybridized carbons (Fsp3) is 0.867. The van der Waals surface area contributed by atoms with Crippen LogP contribution >= 0.6 is 0 Å². The summed E-state index contributed by atoms with van der Waals surface area (Å²) in [6, 6.07) is -0.140. The van der Waals surface area contributed by atoms with Crippen LogP contribution in [0.15, 0.2) is 0 Å². The predicted molar refractivity (Wildman–Crippen MR) is 72.5 cm³/mol. The second-order valence-corrected chi connectivity index (χ2v) is 6.28. The quantitative estimate of drug-likeness (QED) is 0.763. The topological polar surface area (TPSA) is 40.6 Å². The fourth-order valence-corrected chi connectivity index (χ4v) is 3.88. The Morgan fingerprint density at radius 1 is 0.947 bits per heavy atom. The third-order valence-electron chi connectivity index (χ3n) is 4.97. The zero-order chi connectivity index (χ0) is 13.2. The van der Waals surface area contributed by atoms with Gasteiger partial charge in [-0.25, -0.2) is 0 Å². The van der Waals surface area contributed by atoms with Crippen molar-refractivity contribution in [1.29, 1.82) is 0 Å². The summed E-state index contributed by atoms with van der Waals surface area (Å²) < 4.78 is 0. The molecule has 0 N–H and O–H groups in total. The Morgan fingerprint density at radius 3 is 2.53 bits per heavy atom. The maximum atomic E-state index is 12.6. The van der Waals surface area contributed by atoms with Crippen LogP contribution in [0.5, 0.6) is 0 Å². The van der Waals surface area contributed by atoms with Crippen molar-refractivity contribution in [1.82, 2.24) is 9.80 Å². The summed E-state index contributed by atoms with van der Waals surface area (Å²) in [6.07, 6.45) is 8.85. The van der Waals surface area contributed by atoms with Crippen molar-refractivity contribution < 1.29 is 9.59 Å². The van der Waals surface area contributed by atoms with E-state index in [0.29, 0.717) is 18.9 Å². The largest absolute Gasteiger partial charge is 0.340 e. The van der Waals surface area contributed by atoms with E-state index in [1.165, 1.54) is 32.1 Å². The van der Waals surface area contributed by atoms with E-state index in [-0.39, 0.29) is 17.9 Å². The average Bonchev–Trinajstić information content (AvgIpc) is 2.89. The molecule has 2 aliphatic heterocycles. The summed E-state index contributed by atoms with van der Waals surface area (Å²) >= 11 is 0. The lowest BCUT2D eigenvalue weighted by Gasteiger charge is -2.30. The molecule has 4 nitrogen and oxygen atoms in total. The molecule has 0 spiro atoms. The van der Waals surface area contributed by atoms with Gasteiger partial charge in [0.1, 0.15) is 6.04 Å². The molecule has 4 heteroatoms. The third-order valence-corrected chi connectivity index (χ3v) is 4.97. The van der Waals surface area contributed by atoms with Crippen LogP contribution in [0.3, 0.4) is 0 Å². The van der Waals surface area contributed by atoms with E-state index in [2.05, 4.69) is 0 Å². The van der Waals surface area contributed by atoms with Crippen molar-refractivity contribution in [3.8, 4) is 0 Å². The fourth-order valence-electron chi connectivity index (χ4n) is 3.88. The highest BCUT2D eigenvalue weighted by Gasteiger charge is 2.39. The minimum atomic E-state index is -0.140. The number of carbonyl (C=O) groups excluding carboxylic acids is 2. The first-order chi connectivity index (χ1) is 9.25. The summed E-state index contributed by atoms with van der Waals surface area (Å²) in [7, 11) is 0. The number of fused-ring (bicyclic) bond motifs is 1. The van der Waals surface area contributed by atoms with Gasteiger partial charge in [0, 0.05) is 26.1 Å². The summed E-state index contributed by atoms with van der Waals surface area (Å²) in [5, 5.41) is 0. The molecule has 0 aromatic carbocycles. The Hall–Kier alpha value is -1.06. The van der Waals surface area contributed by atoms with E-state index < -0.39 is 0 Å². The maximum Gasteiger partial charge on any atom is 0.245 e. The monoisotopic (exact) mass is 264 g/mol. The first kappa shape index (κ1) is 12.9. The standard InChI is InChI=1S/C15H24N2O2/c18-14-8-10-16(11-12-5-2-1-3-6-12)15(19)13-7-4-9-17(13)14/h12-13H,1-11H2. The second kappa shape index (κ2) is 5.51. The second-order valence-electron chi connectivity index (χ2n) is 6.28. The van der Waals surface area contributed by atoms with Crippen molar-refractivity contribution in [3.05, 3.63) is 0 Å². The molecule has 1 saturated carbocycles. The zero-order valence-corrected chi connectivity index (χ0v) is 11.6. The van der Waals surface area contributed by atoms with Crippen molar-refractivity contribution >= 4 is 11.8 Å². The highest BCUT2D eigenvalue weighted by molar-refractivity contribution is 5.90. The first-order valence-electron chi connectivity index (χ1n) is 7.84. The lowest BCUT2D eigenvalue weighted by atomic mass is 9.89. The van der Waals surface area contributed by atoms with Crippen molar-refractivity contribution in [2.24, 2.45) is 5.92 Å². The molecule has 0 radical (unpaired) electrons. The third kappa shape index (κ3) is 2.63. The molecule has 3 fully saturated rings. The van der Waals surface area contributed by atoms with E-state index in [1.54, 1.807) is 0 Å². The molecule has 2 amide bonds. The summed E-state index contributed by atoms with van der Waals surface area (Å²) in [6.45, 7) is 2.31. The Kier molecular flexibility index (Phi) is 3.76. The smallest absolute Gasteiger partial charge is 0.245 e. The molecule has 0 aromatic rings. The molecule has 106 valence electrons. The summed E-state index contributed by atoms with van der Waals surface area (Å²) in [5.74, 6) is 1.07. The van der Waals surface area contributed by atoms with Crippen LogP contribution in [-0.2, 0) is 9.59 Å². The number of carbonyl (C=O) groups is 2. The zero-order valence-electron chi connectivity index (χ0n) is 11.6. The van der Waals surface area contributed by atoms with Gasteiger partial charge in [-0.1, -0.05) is 19.3 Å². The van der Waals surface area contributed by atoms with Crippen LogP contribution in [0, 0.1) is 5.92 Å². The van der Waals surface area contributed by atoms with Gasteiger partial charge >= 0.3 is 0 Å². The van der Waals surface area contributed by atoms with Crippen LogP contribution in [0.4, 0.5) is 0 Å². The predicted octanol–water partition coefficient (Wildman–Crippen LogP) is 1.79. The van der Waals surface area contributed by atoms with Gasteiger partial charge in [0.15, 0.2) is 0 Å². The van der Waals surface area contributed by atoms with Gasteiger partial charge in [-0.3, -0.25) is 9.59 Å². The van der Waals surface area contributed by atoms with E-state index in [4.69, 9.17) is 0 Å². The first-order valence-corrected chi connectivity index (χ1v) is 7.84. The molecule has 19 heavy (non-hydrogen) atoms. The molecular weight excluding hydrogens is 240 g/mol. The van der Waals surface area contributed by atoms with Gasteiger partial charge in [-0.05, 0) is 31.6 Å². The molecule has 0 bridgehead atoms. The number of amides is 2. The maximum absolute atomic E-state index is 12.6. The SMILES string of the molecule is O=C1C2CCCN2C(=O)CCN1CC1CCCCC1. The molecular formula is C15H24N2O2. The molecule has 2 saturated heterocycles. The van der Waals surface area contributed by atoms with Crippen LogP contribution < -0.4 is 0 Å². The highest BCUT2D eigenvalue weighted by Crippen LogP contribution is 2.28. The van der Waals surface area contributed by atoms with E-state index in [9.17, 15) is 9.59 Å². The Balaban J connectivity index is 1.67. The number of rotatable bonds is 2. The van der Waals surface area contributed by atoms with Crippen molar-refractivity contribution in [2.45, 2.75) is 57.4 Å². The number of hydrogen-bond donors (Lipinski definition) is 0. The van der Waals surface area contributed by atoms with Crippen molar-refractivity contribution in [3.63, 3.8) is 0 Å². The summed E-state index contributed by atoms with van der Waals surface area (Å²) in [5.41, 5.74) is 0. The summed E-state index contributed by atoms with van der Waals surface area (Å²) in [4.78, 5) is 28.4. The van der Waals surface area contributed by atoms with Gasteiger partial charge in [-0.2, -0.15) is 0 Å². The molecule has 1 unspecified atom stereocenters. The lowest BCUT2D eigenvalue weighted by molar-refractivity contribution is -0.139. The Labute approximate surface area is 115 Å². The van der Waals surface area contributed by atoms with Gasteiger partial charge in [0.25, 0.3) is 0 Å². The number of hydrogen-bond acceptors (Lipinski definition) is 2. The molecule has 0 aromatic heterocycles. The van der Waals surface area contributed by atoms with E-state index in [0.717, 1.165) is 25.9 Å².